The maximum Gasteiger partial charge on any atom is 0.407 e. The van der Waals surface area contributed by atoms with Crippen LogP contribution in [0.5, 0.6) is 0 Å². The summed E-state index contributed by atoms with van der Waals surface area (Å²) in [6.45, 7) is 10.3. The summed E-state index contributed by atoms with van der Waals surface area (Å²) in [6, 6.07) is 0.508. The number of guanidine groups is 1. The number of nitrogens with one attached hydrogen (secondary N) is 3. The Bertz CT molecular complexity index is 423. The molecule has 1 aliphatic rings. The van der Waals surface area contributed by atoms with Gasteiger partial charge in [-0.1, -0.05) is 0 Å². The summed E-state index contributed by atoms with van der Waals surface area (Å²) in [7, 11) is 3.48. The molecule has 0 aromatic heterocycles. The molecule has 8 nitrogen and oxygen atoms in total. The van der Waals surface area contributed by atoms with Gasteiger partial charge in [0.1, 0.15) is 5.60 Å². The molecule has 0 spiro atoms. The number of rotatable bonds is 8. The quantitative estimate of drug-likeness (QED) is 0.338. The second-order valence-corrected chi connectivity index (χ2v) is 7.13. The Morgan fingerprint density at radius 2 is 1.96 bits per heavy atom. The lowest BCUT2D eigenvalue weighted by Crippen LogP contribution is -2.47. The van der Waals surface area contributed by atoms with Crippen molar-refractivity contribution in [1.82, 2.24) is 20.9 Å². The van der Waals surface area contributed by atoms with Crippen LogP contribution in [0.4, 0.5) is 4.79 Å². The van der Waals surface area contributed by atoms with Gasteiger partial charge in [0.2, 0.25) is 0 Å². The van der Waals surface area contributed by atoms with Crippen LogP contribution in [-0.4, -0.2) is 82.1 Å². The molecular formula is C17H35N5O3. The number of methoxy groups -OCH3 is 1. The molecule has 0 bridgehead atoms. The average molecular weight is 357 g/mol. The van der Waals surface area contributed by atoms with Crippen molar-refractivity contribution in [3.63, 3.8) is 0 Å². The highest BCUT2D eigenvalue weighted by Gasteiger charge is 2.23. The van der Waals surface area contributed by atoms with Gasteiger partial charge in [-0.2, -0.15) is 0 Å². The summed E-state index contributed by atoms with van der Waals surface area (Å²) < 4.78 is 10.4. The number of carbonyl (C=O) groups is 1. The molecule has 0 aromatic carbocycles. The van der Waals surface area contributed by atoms with Crippen LogP contribution in [0.2, 0.25) is 0 Å². The molecule has 0 radical (unpaired) electrons. The van der Waals surface area contributed by atoms with E-state index in [0.29, 0.717) is 19.1 Å². The van der Waals surface area contributed by atoms with Crippen molar-refractivity contribution in [2.45, 2.75) is 45.3 Å². The highest BCUT2D eigenvalue weighted by molar-refractivity contribution is 5.79. The maximum atomic E-state index is 11.6. The first-order valence-corrected chi connectivity index (χ1v) is 9.00. The Morgan fingerprint density at radius 1 is 1.24 bits per heavy atom. The number of likely N-dealkylation sites (tertiary alicyclic amines) is 1. The van der Waals surface area contributed by atoms with Crippen LogP contribution >= 0.6 is 0 Å². The van der Waals surface area contributed by atoms with Crippen molar-refractivity contribution in [1.29, 1.82) is 0 Å². The normalized spacial score (nSPS) is 18.9. The van der Waals surface area contributed by atoms with Gasteiger partial charge in [0.05, 0.1) is 6.61 Å². The fourth-order valence-corrected chi connectivity index (χ4v) is 2.72. The van der Waals surface area contributed by atoms with E-state index in [2.05, 4.69) is 25.8 Å². The van der Waals surface area contributed by atoms with E-state index < -0.39 is 11.7 Å². The van der Waals surface area contributed by atoms with Crippen LogP contribution in [0.3, 0.4) is 0 Å². The Balaban J connectivity index is 2.21. The second-order valence-electron chi connectivity index (χ2n) is 7.13. The molecule has 1 amide bonds. The summed E-state index contributed by atoms with van der Waals surface area (Å²) in [5, 5.41) is 9.27. The van der Waals surface area contributed by atoms with E-state index in [1.165, 1.54) is 12.8 Å². The molecular weight excluding hydrogens is 322 g/mol. The van der Waals surface area contributed by atoms with Crippen LogP contribution in [0.15, 0.2) is 4.99 Å². The number of nitrogens with zero attached hydrogens (tertiary/aromatic N) is 2. The van der Waals surface area contributed by atoms with Gasteiger partial charge in [0.15, 0.2) is 5.96 Å². The van der Waals surface area contributed by atoms with E-state index in [-0.39, 0.29) is 0 Å². The molecule has 8 heteroatoms. The number of hydrogen-bond acceptors (Lipinski definition) is 5. The second kappa shape index (κ2) is 11.1. The zero-order chi connectivity index (χ0) is 18.7. The smallest absolute Gasteiger partial charge is 0.407 e. The SMILES string of the molecule is CN=C(NCCNC(=O)OC(C)(C)C)NCC1CCCN1CCOC. The number of ether oxygens (including phenoxy) is 2. The molecule has 1 aliphatic heterocycles. The Hall–Kier alpha value is -1.54. The summed E-state index contributed by atoms with van der Waals surface area (Å²) in [6.07, 6.45) is 2.01. The van der Waals surface area contributed by atoms with Crippen molar-refractivity contribution in [2.75, 3.05) is 53.5 Å². The van der Waals surface area contributed by atoms with Gasteiger partial charge < -0.3 is 25.4 Å². The first-order chi connectivity index (χ1) is 11.9. The predicted octanol–water partition coefficient (Wildman–Crippen LogP) is 0.787. The topological polar surface area (TPSA) is 87.2 Å². The van der Waals surface area contributed by atoms with Gasteiger partial charge in [0.25, 0.3) is 0 Å². The zero-order valence-corrected chi connectivity index (χ0v) is 16.4. The van der Waals surface area contributed by atoms with Crippen molar-refractivity contribution >= 4 is 12.1 Å². The lowest BCUT2D eigenvalue weighted by Gasteiger charge is -2.25. The largest absolute Gasteiger partial charge is 0.444 e. The van der Waals surface area contributed by atoms with E-state index in [1.807, 2.05) is 20.8 Å². The summed E-state index contributed by atoms with van der Waals surface area (Å²) >= 11 is 0. The molecule has 1 saturated heterocycles. The van der Waals surface area contributed by atoms with E-state index in [4.69, 9.17) is 9.47 Å². The maximum absolute atomic E-state index is 11.6. The van der Waals surface area contributed by atoms with Crippen LogP contribution < -0.4 is 16.0 Å². The van der Waals surface area contributed by atoms with Crippen LogP contribution in [0.1, 0.15) is 33.6 Å². The minimum Gasteiger partial charge on any atom is -0.444 e. The zero-order valence-electron chi connectivity index (χ0n) is 16.4. The fraction of sp³-hybridized carbons (Fsp3) is 0.882. The third-order valence-corrected chi connectivity index (χ3v) is 3.90. The molecule has 25 heavy (non-hydrogen) atoms. The summed E-state index contributed by atoms with van der Waals surface area (Å²) in [5.74, 6) is 0.740. The lowest BCUT2D eigenvalue weighted by molar-refractivity contribution is 0.0529. The Labute approximate surface area is 151 Å². The third-order valence-electron chi connectivity index (χ3n) is 3.90. The van der Waals surface area contributed by atoms with Gasteiger partial charge in [-0.3, -0.25) is 9.89 Å². The molecule has 1 heterocycles. The number of aliphatic imine (C=N–C) groups is 1. The summed E-state index contributed by atoms with van der Waals surface area (Å²) in [4.78, 5) is 18.2. The van der Waals surface area contributed by atoms with E-state index in [0.717, 1.165) is 32.2 Å². The summed E-state index contributed by atoms with van der Waals surface area (Å²) in [5.41, 5.74) is -0.481. The van der Waals surface area contributed by atoms with Gasteiger partial charge in [-0.25, -0.2) is 4.79 Å². The Kier molecular flexibility index (Phi) is 9.59. The molecule has 1 rings (SSSR count). The van der Waals surface area contributed by atoms with Crippen LogP contribution in [0.25, 0.3) is 0 Å². The Morgan fingerprint density at radius 3 is 2.60 bits per heavy atom. The fourth-order valence-electron chi connectivity index (χ4n) is 2.72. The lowest BCUT2D eigenvalue weighted by atomic mass is 10.2. The number of hydrogen-bond donors (Lipinski definition) is 3. The van der Waals surface area contributed by atoms with Gasteiger partial charge in [0, 0.05) is 46.4 Å². The standard InChI is InChI=1S/C17H35N5O3/c1-17(2,3)25-16(23)20-9-8-19-15(18-4)21-13-14-7-6-10-22(14)11-12-24-5/h14H,6-13H2,1-5H3,(H,20,23)(H2,18,19,21). The molecule has 0 aliphatic carbocycles. The minimum atomic E-state index is -0.481. The number of amides is 1. The highest BCUT2D eigenvalue weighted by atomic mass is 16.6. The van der Waals surface area contributed by atoms with Crippen LogP contribution in [-0.2, 0) is 9.47 Å². The molecule has 1 atom stereocenters. The molecule has 1 unspecified atom stereocenters. The van der Waals surface area contributed by atoms with Crippen molar-refractivity contribution < 1.29 is 14.3 Å². The highest BCUT2D eigenvalue weighted by Crippen LogP contribution is 2.15. The van der Waals surface area contributed by atoms with E-state index >= 15 is 0 Å². The predicted molar refractivity (Wildman–Crippen MR) is 100 cm³/mol. The van der Waals surface area contributed by atoms with E-state index in [9.17, 15) is 4.79 Å². The van der Waals surface area contributed by atoms with Crippen LogP contribution in [0, 0.1) is 0 Å². The van der Waals surface area contributed by atoms with Crippen molar-refractivity contribution in [2.24, 2.45) is 4.99 Å². The average Bonchev–Trinajstić information content (AvgIpc) is 2.98. The molecule has 3 N–H and O–H groups in total. The number of alkyl carbamates (subject to hydrolysis) is 1. The molecule has 0 saturated carbocycles. The minimum absolute atomic E-state index is 0.406. The first kappa shape index (κ1) is 21.5. The third kappa shape index (κ3) is 9.50. The molecule has 0 aromatic rings. The number of carbonyl (C=O) groups excluding carboxylic acids is 1. The van der Waals surface area contributed by atoms with Gasteiger partial charge >= 0.3 is 6.09 Å². The van der Waals surface area contributed by atoms with E-state index in [1.54, 1.807) is 14.2 Å². The van der Waals surface area contributed by atoms with Gasteiger partial charge in [-0.05, 0) is 40.2 Å². The molecule has 146 valence electrons. The van der Waals surface area contributed by atoms with Crippen molar-refractivity contribution in [3.8, 4) is 0 Å². The van der Waals surface area contributed by atoms with Crippen molar-refractivity contribution in [3.05, 3.63) is 0 Å². The first-order valence-electron chi connectivity index (χ1n) is 9.00. The molecule has 1 fully saturated rings. The monoisotopic (exact) mass is 357 g/mol. The van der Waals surface area contributed by atoms with Gasteiger partial charge in [-0.15, -0.1) is 0 Å².